The van der Waals surface area contributed by atoms with E-state index in [0.717, 1.165) is 4.47 Å². The molecule has 1 heterocycles. The predicted octanol–water partition coefficient (Wildman–Crippen LogP) is 3.95. The molecule has 2 N–H and O–H groups in total. The molecule has 1 aromatic rings. The van der Waals surface area contributed by atoms with Crippen LogP contribution in [-0.2, 0) is 19.1 Å². The van der Waals surface area contributed by atoms with Crippen molar-refractivity contribution >= 4 is 27.7 Å². The number of nitrogens with two attached hydrogens (primary N) is 1. The van der Waals surface area contributed by atoms with Gasteiger partial charge in [-0.15, -0.1) is 0 Å². The van der Waals surface area contributed by atoms with E-state index in [0.29, 0.717) is 42.1 Å². The topological polar surface area (TPSA) is 87.8 Å². The number of halogens is 1. The normalized spacial score (nSPS) is 21.2. The number of allylic oxidation sites excluding steroid dienone is 2. The van der Waals surface area contributed by atoms with Crippen molar-refractivity contribution in [3.63, 3.8) is 0 Å². The number of methoxy groups -OCH3 is 1. The van der Waals surface area contributed by atoms with E-state index in [1.54, 1.807) is 6.07 Å². The highest BCUT2D eigenvalue weighted by Crippen LogP contribution is 2.50. The zero-order valence-corrected chi connectivity index (χ0v) is 18.0. The van der Waals surface area contributed by atoms with Crippen LogP contribution in [0.3, 0.4) is 0 Å². The summed E-state index contributed by atoms with van der Waals surface area (Å²) in [5, 5.41) is 0. The summed E-state index contributed by atoms with van der Waals surface area (Å²) in [5.41, 5.74) is 7.14. The second kappa shape index (κ2) is 7.62. The van der Waals surface area contributed by atoms with E-state index < -0.39 is 11.9 Å². The fourth-order valence-electron chi connectivity index (χ4n) is 3.84. The van der Waals surface area contributed by atoms with Gasteiger partial charge in [-0.1, -0.05) is 29.8 Å². The number of ketones is 1. The third kappa shape index (κ3) is 3.68. The summed E-state index contributed by atoms with van der Waals surface area (Å²) in [6, 6.07) is 5.50. The van der Waals surface area contributed by atoms with Crippen molar-refractivity contribution in [2.75, 3.05) is 13.7 Å². The van der Waals surface area contributed by atoms with Crippen LogP contribution in [0.25, 0.3) is 0 Å². The Balaban J connectivity index is 2.27. The molecule has 7 heteroatoms. The van der Waals surface area contributed by atoms with Crippen LogP contribution in [0.2, 0.25) is 0 Å². The zero-order chi connectivity index (χ0) is 20.6. The standard InChI is InChI=1S/C21H24BrNO5/c1-5-27-14-7-6-11(22)8-12(14)16-17-13(24)9-21(2,3)10-15(17)28-19(23)18(16)20(25)26-4/h6-8,16H,5,9-10,23H2,1-4H3/t16-/m1/s1. The quantitative estimate of drug-likeness (QED) is 0.700. The van der Waals surface area contributed by atoms with Gasteiger partial charge in [-0.2, -0.15) is 0 Å². The number of esters is 1. The van der Waals surface area contributed by atoms with E-state index in [1.165, 1.54) is 7.11 Å². The number of rotatable bonds is 4. The summed E-state index contributed by atoms with van der Waals surface area (Å²) < 4.78 is 17.3. The number of Topliss-reactive ketones (excluding diaryl/α,β-unsaturated/α-hetero) is 1. The first-order valence-corrected chi connectivity index (χ1v) is 9.92. The zero-order valence-electron chi connectivity index (χ0n) is 16.4. The molecule has 6 nitrogen and oxygen atoms in total. The average Bonchev–Trinajstić information content (AvgIpc) is 2.60. The maximum atomic E-state index is 13.1. The van der Waals surface area contributed by atoms with Crippen molar-refractivity contribution in [3.8, 4) is 5.75 Å². The lowest BCUT2D eigenvalue weighted by atomic mass is 9.70. The molecule has 0 aromatic heterocycles. The molecule has 2 aliphatic rings. The predicted molar refractivity (Wildman–Crippen MR) is 107 cm³/mol. The highest BCUT2D eigenvalue weighted by Gasteiger charge is 2.45. The Labute approximate surface area is 172 Å². The minimum absolute atomic E-state index is 0.0384. The molecule has 1 aliphatic heterocycles. The van der Waals surface area contributed by atoms with E-state index in [9.17, 15) is 9.59 Å². The summed E-state index contributed by atoms with van der Waals surface area (Å²) in [6.45, 7) is 6.33. The van der Waals surface area contributed by atoms with Crippen LogP contribution >= 0.6 is 15.9 Å². The number of ether oxygens (including phenoxy) is 3. The van der Waals surface area contributed by atoms with Crippen LogP contribution < -0.4 is 10.5 Å². The highest BCUT2D eigenvalue weighted by atomic mass is 79.9. The molecule has 0 bridgehead atoms. The van der Waals surface area contributed by atoms with Crippen molar-refractivity contribution < 1.29 is 23.8 Å². The lowest BCUT2D eigenvalue weighted by Gasteiger charge is -2.38. The average molecular weight is 450 g/mol. The number of hydrogen-bond acceptors (Lipinski definition) is 6. The van der Waals surface area contributed by atoms with E-state index in [-0.39, 0.29) is 22.7 Å². The van der Waals surface area contributed by atoms with Gasteiger partial charge in [0.2, 0.25) is 5.88 Å². The van der Waals surface area contributed by atoms with Gasteiger partial charge in [0, 0.05) is 28.5 Å². The highest BCUT2D eigenvalue weighted by molar-refractivity contribution is 9.10. The Morgan fingerprint density at radius 3 is 2.71 bits per heavy atom. The fourth-order valence-corrected chi connectivity index (χ4v) is 4.22. The first-order valence-electron chi connectivity index (χ1n) is 9.12. The third-order valence-electron chi connectivity index (χ3n) is 4.94. The Kier molecular flexibility index (Phi) is 5.57. The number of carbonyl (C=O) groups excluding carboxylic acids is 2. The minimum Gasteiger partial charge on any atom is -0.494 e. The minimum atomic E-state index is -0.709. The molecule has 0 amide bonds. The summed E-state index contributed by atoms with van der Waals surface area (Å²) in [7, 11) is 1.28. The van der Waals surface area contributed by atoms with E-state index in [4.69, 9.17) is 19.9 Å². The van der Waals surface area contributed by atoms with Crippen LogP contribution in [0.5, 0.6) is 5.75 Å². The van der Waals surface area contributed by atoms with Crippen molar-refractivity contribution in [3.05, 3.63) is 51.0 Å². The van der Waals surface area contributed by atoms with Gasteiger partial charge in [0.1, 0.15) is 17.1 Å². The molecule has 0 saturated carbocycles. The fraction of sp³-hybridized carbons (Fsp3) is 0.429. The number of benzene rings is 1. The van der Waals surface area contributed by atoms with Gasteiger partial charge in [-0.25, -0.2) is 4.79 Å². The van der Waals surface area contributed by atoms with Gasteiger partial charge in [0.25, 0.3) is 0 Å². The van der Waals surface area contributed by atoms with Crippen molar-refractivity contribution in [2.24, 2.45) is 11.1 Å². The molecule has 0 fully saturated rings. The van der Waals surface area contributed by atoms with Crippen LogP contribution in [-0.4, -0.2) is 25.5 Å². The Bertz CT molecular complexity index is 900. The van der Waals surface area contributed by atoms with E-state index >= 15 is 0 Å². The van der Waals surface area contributed by atoms with Crippen molar-refractivity contribution in [1.82, 2.24) is 0 Å². The monoisotopic (exact) mass is 449 g/mol. The van der Waals surface area contributed by atoms with Gasteiger partial charge < -0.3 is 19.9 Å². The summed E-state index contributed by atoms with van der Waals surface area (Å²) in [5.74, 6) is -0.348. The maximum absolute atomic E-state index is 13.1. The Morgan fingerprint density at radius 2 is 2.07 bits per heavy atom. The van der Waals surface area contributed by atoms with Crippen LogP contribution in [0, 0.1) is 5.41 Å². The van der Waals surface area contributed by atoms with Crippen molar-refractivity contribution in [2.45, 2.75) is 39.5 Å². The van der Waals surface area contributed by atoms with Crippen LogP contribution in [0.15, 0.2) is 45.5 Å². The molecule has 28 heavy (non-hydrogen) atoms. The van der Waals surface area contributed by atoms with Gasteiger partial charge in [-0.05, 0) is 30.5 Å². The Morgan fingerprint density at radius 1 is 1.36 bits per heavy atom. The van der Waals surface area contributed by atoms with E-state index in [1.807, 2.05) is 32.9 Å². The molecule has 0 unspecified atom stereocenters. The molecular weight excluding hydrogens is 426 g/mol. The lowest BCUT2D eigenvalue weighted by Crippen LogP contribution is -2.35. The Hall–Kier alpha value is -2.28. The number of carbonyl (C=O) groups is 2. The molecule has 0 spiro atoms. The molecule has 1 aromatic carbocycles. The second-order valence-corrected chi connectivity index (χ2v) is 8.61. The number of hydrogen-bond donors (Lipinski definition) is 1. The molecular formula is C21H24BrNO5. The first kappa shape index (κ1) is 20.5. The largest absolute Gasteiger partial charge is 0.494 e. The van der Waals surface area contributed by atoms with Gasteiger partial charge in [0.05, 0.1) is 19.6 Å². The SMILES string of the molecule is CCOc1ccc(Br)cc1[C@H]1C(C(=O)OC)=C(N)OC2=C1C(=O)CC(C)(C)C2. The van der Waals surface area contributed by atoms with Crippen molar-refractivity contribution in [1.29, 1.82) is 0 Å². The molecule has 3 rings (SSSR count). The molecule has 150 valence electrons. The molecule has 1 atom stereocenters. The van der Waals surface area contributed by atoms with Gasteiger partial charge in [0.15, 0.2) is 5.78 Å². The van der Waals surface area contributed by atoms with Gasteiger partial charge in [-0.3, -0.25) is 4.79 Å². The molecule has 0 radical (unpaired) electrons. The summed E-state index contributed by atoms with van der Waals surface area (Å²) in [4.78, 5) is 25.7. The smallest absolute Gasteiger partial charge is 0.340 e. The van der Waals surface area contributed by atoms with Crippen LogP contribution in [0.4, 0.5) is 0 Å². The second-order valence-electron chi connectivity index (χ2n) is 7.70. The molecule has 0 saturated heterocycles. The maximum Gasteiger partial charge on any atom is 0.340 e. The molecule has 1 aliphatic carbocycles. The van der Waals surface area contributed by atoms with Gasteiger partial charge >= 0.3 is 5.97 Å². The summed E-state index contributed by atoms with van der Waals surface area (Å²) >= 11 is 3.47. The van der Waals surface area contributed by atoms with Crippen LogP contribution in [0.1, 0.15) is 45.1 Å². The van der Waals surface area contributed by atoms with E-state index in [2.05, 4.69) is 15.9 Å². The lowest BCUT2D eigenvalue weighted by molar-refractivity contribution is -0.136. The first-order chi connectivity index (χ1) is 13.2. The third-order valence-corrected chi connectivity index (χ3v) is 5.44. The summed E-state index contributed by atoms with van der Waals surface area (Å²) in [6.07, 6.45) is 0.912.